The van der Waals surface area contributed by atoms with Crippen LogP contribution in [0.3, 0.4) is 0 Å². The van der Waals surface area contributed by atoms with Crippen molar-refractivity contribution in [3.63, 3.8) is 0 Å². The molecular weight excluding hydrogens is 320 g/mol. The van der Waals surface area contributed by atoms with Gasteiger partial charge in [-0.25, -0.2) is 4.98 Å². The van der Waals surface area contributed by atoms with Gasteiger partial charge in [-0.05, 0) is 24.1 Å². The Morgan fingerprint density at radius 1 is 1.16 bits per heavy atom. The van der Waals surface area contributed by atoms with Gasteiger partial charge in [0.2, 0.25) is 5.91 Å². The summed E-state index contributed by atoms with van der Waals surface area (Å²) >= 11 is 0. The van der Waals surface area contributed by atoms with Crippen molar-refractivity contribution in [3.8, 4) is 0 Å². The summed E-state index contributed by atoms with van der Waals surface area (Å²) in [5.74, 6) is -0.0932. The molecule has 25 heavy (non-hydrogen) atoms. The Kier molecular flexibility index (Phi) is 5.03. The molecule has 0 aliphatic heterocycles. The van der Waals surface area contributed by atoms with Crippen LogP contribution in [-0.2, 0) is 17.8 Å². The zero-order chi connectivity index (χ0) is 17.6. The summed E-state index contributed by atoms with van der Waals surface area (Å²) in [6, 6.07) is 14.0. The summed E-state index contributed by atoms with van der Waals surface area (Å²) < 4.78 is 2.07. The minimum absolute atomic E-state index is 0.0247. The van der Waals surface area contributed by atoms with E-state index in [1.807, 2.05) is 30.6 Å². The first kappa shape index (κ1) is 16.6. The average molecular weight is 338 g/mol. The normalized spacial score (nSPS) is 10.7. The summed E-state index contributed by atoms with van der Waals surface area (Å²) in [5.41, 5.74) is 2.82. The molecule has 128 valence electrons. The summed E-state index contributed by atoms with van der Waals surface area (Å²) in [5, 5.41) is 13.5. The number of carbonyl (C=O) groups excluding carboxylic acids is 1. The first-order valence-electron chi connectivity index (χ1n) is 8.03. The molecule has 0 atom stereocenters. The highest BCUT2D eigenvalue weighted by molar-refractivity contribution is 5.78. The smallest absolute Gasteiger partial charge is 0.269 e. The largest absolute Gasteiger partial charge is 0.356 e. The maximum atomic E-state index is 11.9. The first-order chi connectivity index (χ1) is 12.1. The van der Waals surface area contributed by atoms with Crippen molar-refractivity contribution in [1.82, 2.24) is 14.9 Å². The molecule has 0 unspecified atom stereocenters. The zero-order valence-corrected chi connectivity index (χ0v) is 13.6. The van der Waals surface area contributed by atoms with E-state index < -0.39 is 4.92 Å². The second-order valence-corrected chi connectivity index (χ2v) is 5.73. The molecule has 1 amide bonds. The van der Waals surface area contributed by atoms with Crippen LogP contribution in [0.15, 0.2) is 54.9 Å². The number of imidazole rings is 1. The molecule has 2 aromatic carbocycles. The second kappa shape index (κ2) is 7.57. The van der Waals surface area contributed by atoms with Gasteiger partial charge in [0, 0.05) is 25.2 Å². The summed E-state index contributed by atoms with van der Waals surface area (Å²) in [6.45, 7) is 1.34. The molecule has 1 aromatic heterocycles. The first-order valence-corrected chi connectivity index (χ1v) is 8.03. The molecule has 7 nitrogen and oxygen atoms in total. The lowest BCUT2D eigenvalue weighted by Crippen LogP contribution is -2.26. The fourth-order valence-corrected chi connectivity index (χ4v) is 2.65. The quantitative estimate of drug-likeness (QED) is 0.407. The van der Waals surface area contributed by atoms with Gasteiger partial charge >= 0.3 is 0 Å². The lowest BCUT2D eigenvalue weighted by Gasteiger charge is -2.07. The molecule has 1 N–H and O–H groups in total. The van der Waals surface area contributed by atoms with E-state index in [1.165, 1.54) is 12.1 Å². The number of aryl methyl sites for hydroxylation is 1. The van der Waals surface area contributed by atoms with Gasteiger partial charge < -0.3 is 9.88 Å². The third kappa shape index (κ3) is 4.20. The van der Waals surface area contributed by atoms with Gasteiger partial charge in [-0.2, -0.15) is 0 Å². The topological polar surface area (TPSA) is 90.1 Å². The number of benzene rings is 2. The number of nitro benzene ring substituents is 1. The predicted molar refractivity (Wildman–Crippen MR) is 94.2 cm³/mol. The van der Waals surface area contributed by atoms with Crippen molar-refractivity contribution in [2.45, 2.75) is 19.4 Å². The van der Waals surface area contributed by atoms with Crippen LogP contribution in [0.4, 0.5) is 5.69 Å². The number of fused-ring (bicyclic) bond motifs is 1. The zero-order valence-electron chi connectivity index (χ0n) is 13.6. The molecule has 0 aliphatic carbocycles. The molecule has 1 heterocycles. The number of hydrogen-bond acceptors (Lipinski definition) is 4. The molecule has 3 rings (SSSR count). The highest BCUT2D eigenvalue weighted by atomic mass is 16.6. The summed E-state index contributed by atoms with van der Waals surface area (Å²) in [7, 11) is 0. The Bertz CT molecular complexity index is 887. The molecule has 0 spiro atoms. The highest BCUT2D eigenvalue weighted by Crippen LogP contribution is 2.13. The fraction of sp³-hybridized carbons (Fsp3) is 0.222. The van der Waals surface area contributed by atoms with Crippen LogP contribution >= 0.6 is 0 Å². The van der Waals surface area contributed by atoms with Gasteiger partial charge in [-0.15, -0.1) is 0 Å². The van der Waals surface area contributed by atoms with Crippen molar-refractivity contribution < 1.29 is 9.72 Å². The Labute approximate surface area is 144 Å². The summed E-state index contributed by atoms with van der Waals surface area (Å²) in [6.07, 6.45) is 2.82. The number of carbonyl (C=O) groups is 1. The number of para-hydroxylation sites is 2. The van der Waals surface area contributed by atoms with Crippen LogP contribution in [0.1, 0.15) is 12.0 Å². The van der Waals surface area contributed by atoms with Gasteiger partial charge in [0.15, 0.2) is 0 Å². The van der Waals surface area contributed by atoms with Crippen molar-refractivity contribution in [3.05, 3.63) is 70.5 Å². The van der Waals surface area contributed by atoms with Crippen molar-refractivity contribution >= 4 is 22.6 Å². The molecular formula is C18H18N4O3. The van der Waals surface area contributed by atoms with Crippen LogP contribution in [0.25, 0.3) is 11.0 Å². The lowest BCUT2D eigenvalue weighted by atomic mass is 10.1. The van der Waals surface area contributed by atoms with Gasteiger partial charge in [0.25, 0.3) is 5.69 Å². The molecule has 0 saturated carbocycles. The fourth-order valence-electron chi connectivity index (χ4n) is 2.65. The van der Waals surface area contributed by atoms with E-state index >= 15 is 0 Å². The number of nitrogens with one attached hydrogen (secondary N) is 1. The standard InChI is InChI=1S/C18H18N4O3/c23-18(12-14-6-8-15(9-7-14)22(24)25)19-10-3-11-21-13-20-16-4-1-2-5-17(16)21/h1-2,4-9,13H,3,10-12H2,(H,19,23). The van der Waals surface area contributed by atoms with Crippen molar-refractivity contribution in [2.24, 2.45) is 0 Å². The van der Waals surface area contributed by atoms with E-state index in [1.54, 1.807) is 12.1 Å². The number of non-ortho nitro benzene ring substituents is 1. The van der Waals surface area contributed by atoms with Crippen molar-refractivity contribution in [1.29, 1.82) is 0 Å². The molecule has 0 saturated heterocycles. The maximum absolute atomic E-state index is 11.9. The van der Waals surface area contributed by atoms with Crippen LogP contribution in [0, 0.1) is 10.1 Å². The molecule has 3 aromatic rings. The van der Waals surface area contributed by atoms with E-state index in [4.69, 9.17) is 0 Å². The van der Waals surface area contributed by atoms with Crippen LogP contribution in [0.5, 0.6) is 0 Å². The van der Waals surface area contributed by atoms with E-state index in [0.717, 1.165) is 29.6 Å². The van der Waals surface area contributed by atoms with Gasteiger partial charge in [-0.3, -0.25) is 14.9 Å². The number of amides is 1. The van der Waals surface area contributed by atoms with Crippen molar-refractivity contribution in [2.75, 3.05) is 6.54 Å². The lowest BCUT2D eigenvalue weighted by molar-refractivity contribution is -0.384. The van der Waals surface area contributed by atoms with Crippen LogP contribution < -0.4 is 5.32 Å². The van der Waals surface area contributed by atoms with Crippen LogP contribution in [0.2, 0.25) is 0 Å². The van der Waals surface area contributed by atoms with E-state index in [0.29, 0.717) is 6.54 Å². The Morgan fingerprint density at radius 2 is 1.92 bits per heavy atom. The molecule has 0 fully saturated rings. The average Bonchev–Trinajstić information content (AvgIpc) is 3.02. The number of hydrogen-bond donors (Lipinski definition) is 1. The number of aromatic nitrogens is 2. The molecule has 0 aliphatic rings. The second-order valence-electron chi connectivity index (χ2n) is 5.73. The molecule has 7 heteroatoms. The Balaban J connectivity index is 1.44. The minimum atomic E-state index is -0.455. The van der Waals surface area contributed by atoms with Crippen LogP contribution in [-0.4, -0.2) is 26.9 Å². The number of nitrogens with zero attached hydrogens (tertiary/aromatic N) is 3. The maximum Gasteiger partial charge on any atom is 0.269 e. The number of nitro groups is 1. The highest BCUT2D eigenvalue weighted by Gasteiger charge is 2.07. The Hall–Kier alpha value is -3.22. The van der Waals surface area contributed by atoms with Gasteiger partial charge in [0.05, 0.1) is 28.7 Å². The Morgan fingerprint density at radius 3 is 2.68 bits per heavy atom. The molecule has 0 bridgehead atoms. The van der Waals surface area contributed by atoms with E-state index in [9.17, 15) is 14.9 Å². The van der Waals surface area contributed by atoms with E-state index in [-0.39, 0.29) is 18.0 Å². The third-order valence-electron chi connectivity index (χ3n) is 3.94. The SMILES string of the molecule is O=C(Cc1ccc([N+](=O)[O-])cc1)NCCCn1cnc2ccccc21. The molecule has 0 radical (unpaired) electrons. The summed E-state index contributed by atoms with van der Waals surface area (Å²) in [4.78, 5) is 26.4. The minimum Gasteiger partial charge on any atom is -0.356 e. The monoisotopic (exact) mass is 338 g/mol. The number of rotatable bonds is 7. The van der Waals surface area contributed by atoms with E-state index in [2.05, 4.69) is 14.9 Å². The van der Waals surface area contributed by atoms with Gasteiger partial charge in [0.1, 0.15) is 0 Å². The van der Waals surface area contributed by atoms with Gasteiger partial charge in [-0.1, -0.05) is 24.3 Å². The third-order valence-corrected chi connectivity index (χ3v) is 3.94. The predicted octanol–water partition coefficient (Wildman–Crippen LogP) is 2.69.